The number of halogens is 2. The van der Waals surface area contributed by atoms with Crippen molar-refractivity contribution >= 4 is 46.1 Å². The maximum atomic E-state index is 14.2. The Labute approximate surface area is 243 Å². The van der Waals surface area contributed by atoms with Crippen LogP contribution in [0.5, 0.6) is 11.5 Å². The van der Waals surface area contributed by atoms with Gasteiger partial charge in [-0.3, -0.25) is 19.1 Å². The second-order valence-electron chi connectivity index (χ2n) is 8.42. The summed E-state index contributed by atoms with van der Waals surface area (Å²) in [5.41, 5.74) is -1.09. The molecule has 1 aliphatic heterocycles. The van der Waals surface area contributed by atoms with Gasteiger partial charge in [0.05, 0.1) is 37.9 Å². The minimum atomic E-state index is -3.01. The van der Waals surface area contributed by atoms with Crippen LogP contribution in [0.2, 0.25) is 10.0 Å². The Morgan fingerprint density at radius 3 is 2.50 bits per heavy atom. The Hall–Kier alpha value is -3.34. The average molecular weight is 571 g/mol. The fourth-order valence-electron chi connectivity index (χ4n) is 4.35. The van der Waals surface area contributed by atoms with E-state index in [0.29, 0.717) is 39.1 Å². The smallest absolute Gasteiger partial charge is 0.260 e. The first-order valence-electron chi connectivity index (χ1n) is 16.0. The van der Waals surface area contributed by atoms with Gasteiger partial charge in [-0.1, -0.05) is 29.8 Å². The summed E-state index contributed by atoms with van der Waals surface area (Å²) in [4.78, 5) is 38.3. The number of fused-ring (bicyclic) bond motifs is 1. The number of benzene rings is 1. The largest absolute Gasteiger partial charge is 0.495 e. The molecule has 0 aliphatic carbocycles. The van der Waals surface area contributed by atoms with Crippen LogP contribution in [-0.4, -0.2) is 84.0 Å². The van der Waals surface area contributed by atoms with Gasteiger partial charge in [0.1, 0.15) is 17.1 Å². The standard InChI is InChI=1S/C26H30Cl2N6O4/c1-5-20(35)33-11-9-32(10-12-33)7-6-8-34-24-16(15-30-26(29-2)31-24)13-17(25(34)36)21-22(27)18(37-3)14-19(38-4)23(21)28/h5,13-15H,1,6-12H2,2-4H3,(H,29,30,31)/i2D3,3D3,4D3. The van der Waals surface area contributed by atoms with Crippen LogP contribution in [0.1, 0.15) is 18.8 Å². The summed E-state index contributed by atoms with van der Waals surface area (Å²) in [7, 11) is -6.03. The highest BCUT2D eigenvalue weighted by molar-refractivity contribution is 6.41. The van der Waals surface area contributed by atoms with Crippen LogP contribution in [0, 0.1) is 0 Å². The zero-order valence-corrected chi connectivity index (χ0v) is 21.6. The van der Waals surface area contributed by atoms with Gasteiger partial charge in [0.2, 0.25) is 11.9 Å². The summed E-state index contributed by atoms with van der Waals surface area (Å²) in [5.74, 6) is -1.45. The lowest BCUT2D eigenvalue weighted by Gasteiger charge is -2.34. The third-order valence-corrected chi connectivity index (χ3v) is 7.03. The number of nitrogens with one attached hydrogen (secondary N) is 1. The van der Waals surface area contributed by atoms with E-state index in [1.54, 1.807) is 4.90 Å². The molecule has 38 heavy (non-hydrogen) atoms. The maximum Gasteiger partial charge on any atom is 0.260 e. The number of carbonyl (C=O) groups is 1. The predicted octanol–water partition coefficient (Wildman–Crippen LogP) is 3.54. The number of ether oxygens (including phenoxy) is 2. The van der Waals surface area contributed by atoms with Crippen LogP contribution in [-0.2, 0) is 11.3 Å². The summed E-state index contributed by atoms with van der Waals surface area (Å²) in [6.07, 6.45) is 2.95. The van der Waals surface area contributed by atoms with Gasteiger partial charge in [-0.2, -0.15) is 4.98 Å². The van der Waals surface area contributed by atoms with Crippen molar-refractivity contribution in [3.05, 3.63) is 51.4 Å². The number of nitrogens with zero attached hydrogens (tertiary/aromatic N) is 5. The maximum absolute atomic E-state index is 14.2. The number of carbonyl (C=O) groups excluding carboxylic acids is 1. The van der Waals surface area contributed by atoms with E-state index in [1.165, 1.54) is 22.9 Å². The number of piperazine rings is 1. The number of hydrogen-bond donors (Lipinski definition) is 1. The van der Waals surface area contributed by atoms with Crippen molar-refractivity contribution < 1.29 is 26.6 Å². The molecule has 0 atom stereocenters. The molecule has 1 aromatic carbocycles. The lowest BCUT2D eigenvalue weighted by atomic mass is 10.0. The molecule has 202 valence electrons. The molecule has 0 unspecified atom stereocenters. The van der Waals surface area contributed by atoms with E-state index in [-0.39, 0.29) is 40.6 Å². The molecule has 1 amide bonds. The highest BCUT2D eigenvalue weighted by atomic mass is 35.5. The molecule has 4 rings (SSSR count). The Morgan fingerprint density at radius 2 is 1.87 bits per heavy atom. The Balaban J connectivity index is 1.82. The molecule has 12 heteroatoms. The lowest BCUT2D eigenvalue weighted by Crippen LogP contribution is -2.48. The molecule has 3 aromatic rings. The van der Waals surface area contributed by atoms with Gasteiger partial charge in [0.15, 0.2) is 0 Å². The molecule has 1 fully saturated rings. The molecule has 3 heterocycles. The van der Waals surface area contributed by atoms with Gasteiger partial charge in [-0.15, -0.1) is 0 Å². The first kappa shape index (κ1) is 18.0. The van der Waals surface area contributed by atoms with Crippen molar-refractivity contribution in [2.24, 2.45) is 0 Å². The molecule has 0 spiro atoms. The second kappa shape index (κ2) is 12.0. The van der Waals surface area contributed by atoms with Gasteiger partial charge in [0.25, 0.3) is 5.56 Å². The van der Waals surface area contributed by atoms with Crippen LogP contribution in [0.25, 0.3) is 22.2 Å². The number of aromatic nitrogens is 3. The Kier molecular flexibility index (Phi) is 5.70. The SMILES string of the molecule is [2H]C([2H])([2H])Nc1ncc2cc(-c3c(Cl)c(OC([2H])([2H])[2H])cc(OC([2H])([2H])[2H])c3Cl)c(=O)n(CCCN3CCN(C(=O)C=C)CC3)c2n1. The van der Waals surface area contributed by atoms with E-state index in [9.17, 15) is 9.59 Å². The van der Waals surface area contributed by atoms with Crippen molar-refractivity contribution in [3.63, 3.8) is 0 Å². The van der Waals surface area contributed by atoms with Gasteiger partial charge < -0.3 is 19.7 Å². The number of pyridine rings is 1. The molecule has 2 aromatic heterocycles. The van der Waals surface area contributed by atoms with Crippen molar-refractivity contribution in [2.75, 3.05) is 59.1 Å². The summed E-state index contributed by atoms with van der Waals surface area (Å²) in [6, 6.07) is 2.22. The quantitative estimate of drug-likeness (QED) is 0.390. The van der Waals surface area contributed by atoms with Crippen molar-refractivity contribution in [2.45, 2.75) is 13.0 Å². The lowest BCUT2D eigenvalue weighted by molar-refractivity contribution is -0.127. The van der Waals surface area contributed by atoms with Crippen LogP contribution >= 0.6 is 23.2 Å². The molecule has 1 saturated heterocycles. The van der Waals surface area contributed by atoms with Gasteiger partial charge in [-0.25, -0.2) is 4.98 Å². The van der Waals surface area contributed by atoms with Crippen LogP contribution < -0.4 is 20.3 Å². The molecular weight excluding hydrogens is 531 g/mol. The molecular formula is C26H30Cl2N6O4. The molecule has 1 aliphatic rings. The molecule has 0 bridgehead atoms. The van der Waals surface area contributed by atoms with E-state index in [4.69, 9.17) is 45.0 Å². The van der Waals surface area contributed by atoms with E-state index >= 15 is 0 Å². The zero-order chi connectivity index (χ0) is 34.9. The monoisotopic (exact) mass is 569 g/mol. The highest BCUT2D eigenvalue weighted by Crippen LogP contribution is 2.45. The van der Waals surface area contributed by atoms with Gasteiger partial charge in [0, 0.05) is 67.0 Å². The number of methoxy groups -OCH3 is 2. The fraction of sp³-hybridized carbons (Fsp3) is 0.385. The van der Waals surface area contributed by atoms with Crippen molar-refractivity contribution in [1.82, 2.24) is 24.3 Å². The van der Waals surface area contributed by atoms with Gasteiger partial charge >= 0.3 is 0 Å². The number of hydrogen-bond acceptors (Lipinski definition) is 8. The molecule has 0 saturated carbocycles. The van der Waals surface area contributed by atoms with Crippen LogP contribution in [0.15, 0.2) is 35.8 Å². The van der Waals surface area contributed by atoms with E-state index < -0.39 is 48.2 Å². The Bertz CT molecular complexity index is 1680. The van der Waals surface area contributed by atoms with Gasteiger partial charge in [-0.05, 0) is 25.1 Å². The third-order valence-electron chi connectivity index (χ3n) is 6.28. The summed E-state index contributed by atoms with van der Waals surface area (Å²) < 4.78 is 79.0. The first-order valence-corrected chi connectivity index (χ1v) is 12.2. The number of anilines is 1. The summed E-state index contributed by atoms with van der Waals surface area (Å²) >= 11 is 13.1. The van der Waals surface area contributed by atoms with Crippen LogP contribution in [0.4, 0.5) is 5.95 Å². The molecule has 1 N–H and O–H groups in total. The minimum Gasteiger partial charge on any atom is -0.495 e. The minimum absolute atomic E-state index is 0.0680. The van der Waals surface area contributed by atoms with E-state index in [1.807, 2.05) is 0 Å². The second-order valence-corrected chi connectivity index (χ2v) is 9.17. The summed E-state index contributed by atoms with van der Waals surface area (Å²) in [6.45, 7) is 3.69. The molecule has 10 nitrogen and oxygen atoms in total. The Morgan fingerprint density at radius 1 is 1.16 bits per heavy atom. The highest BCUT2D eigenvalue weighted by Gasteiger charge is 2.24. The summed E-state index contributed by atoms with van der Waals surface area (Å²) in [5, 5.41) is 1.65. The van der Waals surface area contributed by atoms with E-state index in [2.05, 4.69) is 26.8 Å². The van der Waals surface area contributed by atoms with Crippen LogP contribution in [0.3, 0.4) is 0 Å². The van der Waals surface area contributed by atoms with Crippen molar-refractivity contribution in [1.29, 1.82) is 0 Å². The first-order chi connectivity index (χ1) is 21.8. The predicted molar refractivity (Wildman–Crippen MR) is 150 cm³/mol. The van der Waals surface area contributed by atoms with E-state index in [0.717, 1.165) is 6.07 Å². The normalized spacial score (nSPS) is 18.5. The topological polar surface area (TPSA) is 102 Å². The number of aryl methyl sites for hydroxylation is 1. The molecule has 0 radical (unpaired) electrons. The number of rotatable bonds is 9. The average Bonchev–Trinajstić information content (AvgIpc) is 2.95. The third kappa shape index (κ3) is 5.43. The van der Waals surface area contributed by atoms with Crippen molar-refractivity contribution in [3.8, 4) is 22.6 Å². The zero-order valence-electron chi connectivity index (χ0n) is 29.1. The fourth-order valence-corrected chi connectivity index (χ4v) is 4.98. The number of amides is 1.